The number of carbonyl (C=O) groups is 2. The molecule has 0 saturated carbocycles. The van der Waals surface area contributed by atoms with Gasteiger partial charge in [0.25, 0.3) is 11.8 Å². The van der Waals surface area contributed by atoms with E-state index in [1.165, 1.54) is 12.1 Å². The lowest BCUT2D eigenvalue weighted by Gasteiger charge is -2.28. The Morgan fingerprint density at radius 1 is 0.833 bits per heavy atom. The van der Waals surface area contributed by atoms with Crippen molar-refractivity contribution in [3.63, 3.8) is 0 Å². The van der Waals surface area contributed by atoms with Gasteiger partial charge in [-0.25, -0.2) is 4.39 Å². The maximum Gasteiger partial charge on any atom is 0.258 e. The zero-order chi connectivity index (χ0) is 26.4. The summed E-state index contributed by atoms with van der Waals surface area (Å²) in [6.07, 6.45) is 1.98. The average molecular weight is 488 g/mol. The van der Waals surface area contributed by atoms with Crippen LogP contribution in [0.5, 0.6) is 0 Å². The van der Waals surface area contributed by atoms with Gasteiger partial charge in [0.2, 0.25) is 0 Å². The Balaban J connectivity index is 1.92. The third-order valence-corrected chi connectivity index (χ3v) is 6.41. The number of halogens is 1. The minimum atomic E-state index is -0.302. The molecule has 0 fully saturated rings. The molecule has 0 aliphatic heterocycles. The normalized spacial score (nSPS) is 11.2. The predicted molar refractivity (Wildman–Crippen MR) is 146 cm³/mol. The molecule has 0 N–H and O–H groups in total. The molecule has 0 aromatic heterocycles. The number of anilines is 3. The monoisotopic (exact) mass is 487 g/mol. The maximum absolute atomic E-state index is 13.6. The number of benzene rings is 3. The van der Waals surface area contributed by atoms with Gasteiger partial charge < -0.3 is 14.7 Å². The summed E-state index contributed by atoms with van der Waals surface area (Å²) >= 11 is 0. The molecule has 3 aromatic carbocycles. The van der Waals surface area contributed by atoms with E-state index in [1.54, 1.807) is 53.2 Å². The van der Waals surface area contributed by atoms with Crippen molar-refractivity contribution in [2.24, 2.45) is 0 Å². The standard InChI is InChI=1S/C30H34FN3O2/c1-7-22(5)34(27-18-14-25(31)15-19-27)28-20-24(11-10-21(28)4)29(35)32(6)26-16-12-23(13-17-26)30(36)33(8-2)9-3/h7,10-20H,8-9H2,1-6H3/b22-7-. The van der Waals surface area contributed by atoms with Crippen LogP contribution in [0.4, 0.5) is 21.5 Å². The van der Waals surface area contributed by atoms with E-state index < -0.39 is 0 Å². The summed E-state index contributed by atoms with van der Waals surface area (Å²) in [4.78, 5) is 31.4. The van der Waals surface area contributed by atoms with Crippen molar-refractivity contribution >= 4 is 28.9 Å². The topological polar surface area (TPSA) is 43.9 Å². The molecule has 0 saturated heterocycles. The van der Waals surface area contributed by atoms with Gasteiger partial charge in [-0.3, -0.25) is 9.59 Å². The first kappa shape index (κ1) is 26.7. The molecular formula is C30H34FN3O2. The van der Waals surface area contributed by atoms with E-state index in [1.807, 2.05) is 63.8 Å². The first-order chi connectivity index (χ1) is 17.2. The highest BCUT2D eigenvalue weighted by molar-refractivity contribution is 6.06. The first-order valence-electron chi connectivity index (χ1n) is 12.2. The molecule has 36 heavy (non-hydrogen) atoms. The van der Waals surface area contributed by atoms with Crippen LogP contribution < -0.4 is 9.80 Å². The van der Waals surface area contributed by atoms with Crippen LogP contribution in [0.2, 0.25) is 0 Å². The number of hydrogen-bond acceptors (Lipinski definition) is 3. The fourth-order valence-electron chi connectivity index (χ4n) is 4.07. The second kappa shape index (κ2) is 11.7. The Bertz CT molecular complexity index is 1250. The first-order valence-corrected chi connectivity index (χ1v) is 12.2. The zero-order valence-corrected chi connectivity index (χ0v) is 21.9. The molecule has 6 heteroatoms. The van der Waals surface area contributed by atoms with Gasteiger partial charge in [-0.1, -0.05) is 12.1 Å². The molecule has 0 radical (unpaired) electrons. The molecular weight excluding hydrogens is 453 g/mol. The molecule has 2 amide bonds. The van der Waals surface area contributed by atoms with Crippen molar-refractivity contribution in [3.8, 4) is 0 Å². The van der Waals surface area contributed by atoms with Gasteiger partial charge in [-0.05, 0) is 101 Å². The van der Waals surface area contributed by atoms with Crippen LogP contribution in [0.3, 0.4) is 0 Å². The summed E-state index contributed by atoms with van der Waals surface area (Å²) in [5.74, 6) is -0.496. The van der Waals surface area contributed by atoms with Crippen LogP contribution in [0.25, 0.3) is 0 Å². The van der Waals surface area contributed by atoms with Crippen molar-refractivity contribution in [1.29, 1.82) is 0 Å². The Morgan fingerprint density at radius 2 is 1.39 bits per heavy atom. The molecule has 0 atom stereocenters. The van der Waals surface area contributed by atoms with Gasteiger partial charge in [0.15, 0.2) is 0 Å². The van der Waals surface area contributed by atoms with Crippen LogP contribution in [-0.4, -0.2) is 36.9 Å². The highest BCUT2D eigenvalue weighted by Gasteiger charge is 2.20. The van der Waals surface area contributed by atoms with E-state index in [0.717, 1.165) is 22.6 Å². The fourth-order valence-corrected chi connectivity index (χ4v) is 4.07. The fraction of sp³-hybridized carbons (Fsp3) is 0.267. The number of rotatable bonds is 8. The third kappa shape index (κ3) is 5.65. The lowest BCUT2D eigenvalue weighted by Crippen LogP contribution is -2.30. The highest BCUT2D eigenvalue weighted by Crippen LogP contribution is 2.33. The van der Waals surface area contributed by atoms with Gasteiger partial charge >= 0.3 is 0 Å². The summed E-state index contributed by atoms with van der Waals surface area (Å²) in [5, 5.41) is 0. The van der Waals surface area contributed by atoms with Crippen LogP contribution in [-0.2, 0) is 0 Å². The predicted octanol–water partition coefficient (Wildman–Crippen LogP) is 6.95. The van der Waals surface area contributed by atoms with Crippen molar-refractivity contribution in [2.45, 2.75) is 34.6 Å². The summed E-state index contributed by atoms with van der Waals surface area (Å²) in [5.41, 5.74) is 5.40. The van der Waals surface area contributed by atoms with Gasteiger partial charge in [0.1, 0.15) is 5.82 Å². The van der Waals surface area contributed by atoms with Crippen molar-refractivity contribution in [3.05, 3.63) is 101 Å². The van der Waals surface area contributed by atoms with Gasteiger partial charge in [-0.15, -0.1) is 0 Å². The Hall–Kier alpha value is -3.93. The van der Waals surface area contributed by atoms with Crippen molar-refractivity contribution < 1.29 is 14.0 Å². The molecule has 0 unspecified atom stereocenters. The number of hydrogen-bond donors (Lipinski definition) is 0. The number of amides is 2. The Morgan fingerprint density at radius 3 is 1.94 bits per heavy atom. The minimum Gasteiger partial charge on any atom is -0.339 e. The summed E-state index contributed by atoms with van der Waals surface area (Å²) in [6, 6.07) is 19.0. The molecule has 3 rings (SSSR count). The molecule has 0 spiro atoms. The van der Waals surface area contributed by atoms with E-state index in [-0.39, 0.29) is 17.6 Å². The summed E-state index contributed by atoms with van der Waals surface area (Å²) in [7, 11) is 1.72. The minimum absolute atomic E-state index is 0.0241. The van der Waals surface area contributed by atoms with Crippen LogP contribution in [0.1, 0.15) is 54.0 Å². The molecule has 0 bridgehead atoms. The summed E-state index contributed by atoms with van der Waals surface area (Å²) in [6.45, 7) is 11.1. The Kier molecular flexibility index (Phi) is 8.64. The van der Waals surface area contributed by atoms with E-state index in [0.29, 0.717) is 29.9 Å². The van der Waals surface area contributed by atoms with Crippen LogP contribution in [0, 0.1) is 12.7 Å². The lowest BCUT2D eigenvalue weighted by atomic mass is 10.1. The smallest absolute Gasteiger partial charge is 0.258 e. The van der Waals surface area contributed by atoms with Gasteiger partial charge in [0, 0.05) is 54.0 Å². The van der Waals surface area contributed by atoms with Gasteiger partial charge in [-0.2, -0.15) is 0 Å². The van der Waals surface area contributed by atoms with Crippen LogP contribution in [0.15, 0.2) is 78.5 Å². The number of allylic oxidation sites excluding steroid dienone is 2. The molecule has 3 aromatic rings. The molecule has 0 aliphatic rings. The van der Waals surface area contributed by atoms with E-state index >= 15 is 0 Å². The summed E-state index contributed by atoms with van der Waals surface area (Å²) < 4.78 is 13.6. The quantitative estimate of drug-likeness (QED) is 0.345. The van der Waals surface area contributed by atoms with Gasteiger partial charge in [0.05, 0.1) is 0 Å². The maximum atomic E-state index is 13.6. The average Bonchev–Trinajstić information content (AvgIpc) is 2.90. The Labute approximate surface area is 213 Å². The largest absolute Gasteiger partial charge is 0.339 e. The van der Waals surface area contributed by atoms with Crippen LogP contribution >= 0.6 is 0 Å². The number of nitrogens with zero attached hydrogens (tertiary/aromatic N) is 3. The number of carbonyl (C=O) groups excluding carboxylic acids is 2. The highest BCUT2D eigenvalue weighted by atomic mass is 19.1. The zero-order valence-electron chi connectivity index (χ0n) is 21.9. The van der Waals surface area contributed by atoms with E-state index in [2.05, 4.69) is 0 Å². The second-order valence-electron chi connectivity index (χ2n) is 8.63. The number of aryl methyl sites for hydroxylation is 1. The SMILES string of the molecule is C/C=C(/C)N(c1ccc(F)cc1)c1cc(C(=O)N(C)c2ccc(C(=O)N(CC)CC)cc2)ccc1C. The second-order valence-corrected chi connectivity index (χ2v) is 8.63. The molecule has 5 nitrogen and oxygen atoms in total. The van der Waals surface area contributed by atoms with Crippen molar-refractivity contribution in [2.75, 3.05) is 29.9 Å². The lowest BCUT2D eigenvalue weighted by molar-refractivity contribution is 0.0773. The third-order valence-electron chi connectivity index (χ3n) is 6.41. The van der Waals surface area contributed by atoms with E-state index in [9.17, 15) is 14.0 Å². The van der Waals surface area contributed by atoms with E-state index in [4.69, 9.17) is 0 Å². The molecule has 0 heterocycles. The molecule has 188 valence electrons. The van der Waals surface area contributed by atoms with Crippen molar-refractivity contribution in [1.82, 2.24) is 4.90 Å². The molecule has 0 aliphatic carbocycles.